The molecule has 0 radical (unpaired) electrons. The molecule has 2 heteroatoms. The van der Waals surface area contributed by atoms with Crippen molar-refractivity contribution in [1.82, 2.24) is 0 Å². The standard InChI is InChI=1S/C15H16O2/c1-11-3-4-12(2)13(9-11)10-17-15-7-5-14(16)6-8-15/h3-9,16H,10H2,1-2H3. The van der Waals surface area contributed by atoms with Crippen LogP contribution in [-0.4, -0.2) is 5.11 Å². The van der Waals surface area contributed by atoms with E-state index in [-0.39, 0.29) is 5.75 Å². The molecule has 2 rings (SSSR count). The number of aromatic hydroxyl groups is 1. The van der Waals surface area contributed by atoms with Gasteiger partial charge in [0.15, 0.2) is 0 Å². The van der Waals surface area contributed by atoms with Crippen molar-refractivity contribution in [2.75, 3.05) is 0 Å². The van der Waals surface area contributed by atoms with Crippen LogP contribution in [0.4, 0.5) is 0 Å². The van der Waals surface area contributed by atoms with Crippen LogP contribution < -0.4 is 4.74 Å². The van der Waals surface area contributed by atoms with Gasteiger partial charge >= 0.3 is 0 Å². The van der Waals surface area contributed by atoms with Gasteiger partial charge in [0.2, 0.25) is 0 Å². The number of rotatable bonds is 3. The van der Waals surface area contributed by atoms with E-state index >= 15 is 0 Å². The molecule has 0 aliphatic heterocycles. The maximum atomic E-state index is 9.17. The summed E-state index contributed by atoms with van der Waals surface area (Å²) in [5.74, 6) is 1.02. The van der Waals surface area contributed by atoms with Crippen LogP contribution in [-0.2, 0) is 6.61 Å². The summed E-state index contributed by atoms with van der Waals surface area (Å²) in [7, 11) is 0. The summed E-state index contributed by atoms with van der Waals surface area (Å²) < 4.78 is 5.67. The minimum absolute atomic E-state index is 0.254. The van der Waals surface area contributed by atoms with Crippen LogP contribution in [0.5, 0.6) is 11.5 Å². The number of phenols is 1. The van der Waals surface area contributed by atoms with E-state index < -0.39 is 0 Å². The molecule has 0 amide bonds. The van der Waals surface area contributed by atoms with Gasteiger partial charge in [-0.1, -0.05) is 23.8 Å². The first-order valence-electron chi connectivity index (χ1n) is 5.63. The molecule has 1 N–H and O–H groups in total. The topological polar surface area (TPSA) is 29.5 Å². The second kappa shape index (κ2) is 4.91. The molecule has 0 unspecified atom stereocenters. The van der Waals surface area contributed by atoms with Gasteiger partial charge in [0.25, 0.3) is 0 Å². The molecule has 0 heterocycles. The third-order valence-corrected chi connectivity index (χ3v) is 2.74. The number of hydrogen-bond donors (Lipinski definition) is 1. The molecule has 2 aromatic carbocycles. The fourth-order valence-electron chi connectivity index (χ4n) is 1.66. The van der Waals surface area contributed by atoms with Crippen LogP contribution in [0.25, 0.3) is 0 Å². The molecule has 88 valence electrons. The maximum absolute atomic E-state index is 9.17. The Morgan fingerprint density at radius 2 is 1.71 bits per heavy atom. The minimum atomic E-state index is 0.254. The van der Waals surface area contributed by atoms with Crippen molar-refractivity contribution < 1.29 is 9.84 Å². The van der Waals surface area contributed by atoms with Crippen LogP contribution >= 0.6 is 0 Å². The zero-order chi connectivity index (χ0) is 12.3. The lowest BCUT2D eigenvalue weighted by Gasteiger charge is -2.09. The molecule has 0 aromatic heterocycles. The number of phenolic OH excluding ortho intramolecular Hbond substituents is 1. The Hall–Kier alpha value is -1.96. The van der Waals surface area contributed by atoms with Gasteiger partial charge in [-0.3, -0.25) is 0 Å². The molecular formula is C15H16O2. The SMILES string of the molecule is Cc1ccc(C)c(COc2ccc(O)cc2)c1. The van der Waals surface area contributed by atoms with Crippen molar-refractivity contribution in [2.24, 2.45) is 0 Å². The average Bonchev–Trinajstić information content (AvgIpc) is 2.32. The van der Waals surface area contributed by atoms with E-state index in [1.165, 1.54) is 16.7 Å². The molecule has 0 atom stereocenters. The van der Waals surface area contributed by atoms with Gasteiger partial charge in [-0.05, 0) is 49.2 Å². The lowest BCUT2D eigenvalue weighted by atomic mass is 10.1. The van der Waals surface area contributed by atoms with Crippen molar-refractivity contribution >= 4 is 0 Å². The molecule has 2 nitrogen and oxygen atoms in total. The first-order valence-corrected chi connectivity index (χ1v) is 5.63. The molecule has 0 saturated heterocycles. The highest BCUT2D eigenvalue weighted by Gasteiger charge is 2.00. The Morgan fingerprint density at radius 1 is 1.00 bits per heavy atom. The average molecular weight is 228 g/mol. The van der Waals surface area contributed by atoms with Crippen molar-refractivity contribution in [2.45, 2.75) is 20.5 Å². The Bertz CT molecular complexity index is 501. The molecule has 0 saturated carbocycles. The molecule has 17 heavy (non-hydrogen) atoms. The van der Waals surface area contributed by atoms with Crippen LogP contribution in [0, 0.1) is 13.8 Å². The van der Waals surface area contributed by atoms with E-state index in [0.29, 0.717) is 6.61 Å². The van der Waals surface area contributed by atoms with Crippen molar-refractivity contribution in [3.8, 4) is 11.5 Å². The third kappa shape index (κ3) is 3.00. The van der Waals surface area contributed by atoms with E-state index in [1.807, 2.05) is 0 Å². The Labute approximate surface area is 101 Å². The minimum Gasteiger partial charge on any atom is -0.508 e. The van der Waals surface area contributed by atoms with Crippen molar-refractivity contribution in [1.29, 1.82) is 0 Å². The molecule has 2 aromatic rings. The van der Waals surface area contributed by atoms with Crippen molar-refractivity contribution in [3.05, 3.63) is 59.2 Å². The monoisotopic (exact) mass is 228 g/mol. The van der Waals surface area contributed by atoms with E-state index in [9.17, 15) is 0 Å². The first-order chi connectivity index (χ1) is 8.15. The Balaban J connectivity index is 2.07. The van der Waals surface area contributed by atoms with Crippen molar-refractivity contribution in [3.63, 3.8) is 0 Å². The summed E-state index contributed by atoms with van der Waals surface area (Å²) in [6.07, 6.45) is 0. The lowest BCUT2D eigenvalue weighted by Crippen LogP contribution is -1.98. The normalized spacial score (nSPS) is 10.2. The lowest BCUT2D eigenvalue weighted by molar-refractivity contribution is 0.305. The van der Waals surface area contributed by atoms with Crippen LogP contribution in [0.1, 0.15) is 16.7 Å². The first kappa shape index (κ1) is 11.5. The maximum Gasteiger partial charge on any atom is 0.120 e. The van der Waals surface area contributed by atoms with Gasteiger partial charge in [0.1, 0.15) is 18.1 Å². The second-order valence-electron chi connectivity index (χ2n) is 4.21. The van der Waals surface area contributed by atoms with Gasteiger partial charge in [-0.2, -0.15) is 0 Å². The number of hydrogen-bond acceptors (Lipinski definition) is 2. The van der Waals surface area contributed by atoms with Crippen LogP contribution in [0.15, 0.2) is 42.5 Å². The molecule has 0 aliphatic carbocycles. The highest BCUT2D eigenvalue weighted by Crippen LogP contribution is 2.18. The largest absolute Gasteiger partial charge is 0.508 e. The smallest absolute Gasteiger partial charge is 0.120 e. The number of ether oxygens (including phenoxy) is 1. The number of benzene rings is 2. The quantitative estimate of drug-likeness (QED) is 0.870. The highest BCUT2D eigenvalue weighted by molar-refractivity contribution is 5.32. The van der Waals surface area contributed by atoms with Gasteiger partial charge in [0, 0.05) is 0 Å². The molecule has 0 fully saturated rings. The summed E-state index contributed by atoms with van der Waals surface area (Å²) in [5.41, 5.74) is 3.66. The molecule has 0 bridgehead atoms. The summed E-state index contributed by atoms with van der Waals surface area (Å²) in [6.45, 7) is 4.71. The molecule has 0 aliphatic rings. The Kier molecular flexibility index (Phi) is 3.33. The van der Waals surface area contributed by atoms with E-state index in [1.54, 1.807) is 24.3 Å². The fraction of sp³-hybridized carbons (Fsp3) is 0.200. The number of aryl methyl sites for hydroxylation is 2. The van der Waals surface area contributed by atoms with Gasteiger partial charge in [0.05, 0.1) is 0 Å². The predicted molar refractivity (Wildman–Crippen MR) is 68.4 cm³/mol. The zero-order valence-corrected chi connectivity index (χ0v) is 10.1. The second-order valence-corrected chi connectivity index (χ2v) is 4.21. The van der Waals surface area contributed by atoms with Crippen LogP contribution in [0.2, 0.25) is 0 Å². The molecular weight excluding hydrogens is 212 g/mol. The fourth-order valence-corrected chi connectivity index (χ4v) is 1.66. The van der Waals surface area contributed by atoms with E-state index in [0.717, 1.165) is 5.75 Å². The van der Waals surface area contributed by atoms with E-state index in [4.69, 9.17) is 9.84 Å². The van der Waals surface area contributed by atoms with Gasteiger partial charge in [-0.15, -0.1) is 0 Å². The molecule has 0 spiro atoms. The predicted octanol–water partition coefficient (Wildman–Crippen LogP) is 3.59. The third-order valence-electron chi connectivity index (χ3n) is 2.74. The Morgan fingerprint density at radius 3 is 2.41 bits per heavy atom. The van der Waals surface area contributed by atoms with Crippen LogP contribution in [0.3, 0.4) is 0 Å². The van der Waals surface area contributed by atoms with Gasteiger partial charge in [-0.25, -0.2) is 0 Å². The van der Waals surface area contributed by atoms with Gasteiger partial charge < -0.3 is 9.84 Å². The summed E-state index contributed by atoms with van der Waals surface area (Å²) >= 11 is 0. The summed E-state index contributed by atoms with van der Waals surface area (Å²) in [6, 6.07) is 13.1. The highest BCUT2D eigenvalue weighted by atomic mass is 16.5. The summed E-state index contributed by atoms with van der Waals surface area (Å²) in [5, 5.41) is 9.17. The summed E-state index contributed by atoms with van der Waals surface area (Å²) in [4.78, 5) is 0. The zero-order valence-electron chi connectivity index (χ0n) is 10.1. The van der Waals surface area contributed by atoms with E-state index in [2.05, 4.69) is 32.0 Å².